The Bertz CT molecular complexity index is 1740. The Balaban J connectivity index is 1.23. The lowest BCUT2D eigenvalue weighted by Crippen LogP contribution is -2.50. The van der Waals surface area contributed by atoms with Gasteiger partial charge in [0, 0.05) is 37.1 Å². The number of pyridine rings is 2. The molecule has 0 radical (unpaired) electrons. The van der Waals surface area contributed by atoms with Gasteiger partial charge < -0.3 is 35.1 Å². The highest BCUT2D eigenvalue weighted by atomic mass is 19.4. The Hall–Kier alpha value is -4.99. The van der Waals surface area contributed by atoms with Gasteiger partial charge in [0.15, 0.2) is 0 Å². The van der Waals surface area contributed by atoms with Crippen LogP contribution in [0, 0.1) is 17.2 Å². The SMILES string of the molecule is COc1cc(C(=O)Nc2ccc(F)c(C(F)(F)F)c2)c(NC(=O)c2c(OC)ccnc2N[C@@H]2CC3(C(=O)N4CCOCC4)CC2C3)cn1. The van der Waals surface area contributed by atoms with E-state index >= 15 is 0 Å². The zero-order chi connectivity index (χ0) is 34.2. The number of halogens is 4. The van der Waals surface area contributed by atoms with Gasteiger partial charge in [-0.3, -0.25) is 14.4 Å². The molecule has 3 aromatic rings. The fourth-order valence-electron chi connectivity index (χ4n) is 6.67. The van der Waals surface area contributed by atoms with E-state index in [1.807, 2.05) is 4.90 Å². The summed E-state index contributed by atoms with van der Waals surface area (Å²) in [5.41, 5.74) is -2.64. The average molecular weight is 673 g/mol. The molecule has 7 rings (SSSR count). The van der Waals surface area contributed by atoms with E-state index in [2.05, 4.69) is 25.9 Å². The predicted octanol–water partition coefficient (Wildman–Crippen LogP) is 4.60. The number of carbonyl (C=O) groups excluding carboxylic acids is 3. The summed E-state index contributed by atoms with van der Waals surface area (Å²) < 4.78 is 69.6. The molecule has 2 aromatic heterocycles. The Morgan fingerprint density at radius 3 is 2.42 bits per heavy atom. The molecule has 3 heterocycles. The van der Waals surface area contributed by atoms with E-state index in [4.69, 9.17) is 14.2 Å². The minimum Gasteiger partial charge on any atom is -0.496 e. The number of methoxy groups -OCH3 is 2. The molecule has 3 saturated carbocycles. The van der Waals surface area contributed by atoms with Crippen molar-refractivity contribution in [3.8, 4) is 11.6 Å². The lowest BCUT2D eigenvalue weighted by atomic mass is 9.68. The summed E-state index contributed by atoms with van der Waals surface area (Å²) in [5, 5.41) is 8.28. The third kappa shape index (κ3) is 6.31. The summed E-state index contributed by atoms with van der Waals surface area (Å²) in [6.07, 6.45) is -0.352. The van der Waals surface area contributed by atoms with Gasteiger partial charge in [-0.15, -0.1) is 0 Å². The average Bonchev–Trinajstić information content (AvgIpc) is 3.60. The molecule has 1 atom stereocenters. The van der Waals surface area contributed by atoms with Crippen molar-refractivity contribution in [1.82, 2.24) is 14.9 Å². The molecule has 1 aliphatic heterocycles. The molecule has 48 heavy (non-hydrogen) atoms. The largest absolute Gasteiger partial charge is 0.496 e. The molecule has 3 N–H and O–H groups in total. The van der Waals surface area contributed by atoms with Crippen LogP contribution in [0.15, 0.2) is 42.7 Å². The number of morpholine rings is 1. The molecule has 3 aliphatic carbocycles. The van der Waals surface area contributed by atoms with Gasteiger partial charge in [-0.25, -0.2) is 14.4 Å². The minimum absolute atomic E-state index is 0.0182. The number of rotatable bonds is 9. The molecule has 16 heteroatoms. The fraction of sp³-hybridized carbons (Fsp3) is 0.406. The standard InChI is InChI=1S/C32H32F4N6O6/c1-46-24-5-6-37-27(40-22-15-31(13-17(22)14-31)30(45)42-7-9-48-10-8-42)26(24)29(44)41-23-16-38-25(47-2)12-19(23)28(43)39-18-3-4-21(33)20(11-18)32(34,35)36/h3-6,11-12,16-17,22H,7-10,13-15H2,1-2H3,(H,37,40)(H,39,43)(H,41,44)/t17?,22-,31?/m1/s1. The number of aromatic nitrogens is 2. The fourth-order valence-corrected chi connectivity index (χ4v) is 6.67. The minimum atomic E-state index is -4.99. The number of hydrogen-bond donors (Lipinski definition) is 3. The summed E-state index contributed by atoms with van der Waals surface area (Å²) in [7, 11) is 2.67. The zero-order valence-electron chi connectivity index (χ0n) is 25.9. The van der Waals surface area contributed by atoms with Crippen LogP contribution in [-0.2, 0) is 15.7 Å². The third-order valence-corrected chi connectivity index (χ3v) is 9.03. The second-order valence-corrected chi connectivity index (χ2v) is 11.9. The second kappa shape index (κ2) is 12.9. The second-order valence-electron chi connectivity index (χ2n) is 11.9. The molecule has 2 bridgehead atoms. The van der Waals surface area contributed by atoms with Gasteiger partial charge in [-0.1, -0.05) is 0 Å². The normalized spacial score (nSPS) is 21.6. The highest BCUT2D eigenvalue weighted by Crippen LogP contribution is 2.60. The van der Waals surface area contributed by atoms with E-state index in [9.17, 15) is 31.9 Å². The molecule has 12 nitrogen and oxygen atoms in total. The molecule has 0 unspecified atom stereocenters. The molecule has 1 saturated heterocycles. The van der Waals surface area contributed by atoms with Crippen LogP contribution in [0.5, 0.6) is 11.6 Å². The van der Waals surface area contributed by atoms with E-state index in [0.29, 0.717) is 44.9 Å². The summed E-state index contributed by atoms with van der Waals surface area (Å²) in [6.45, 7) is 2.14. The number of fused-ring (bicyclic) bond motifs is 1. The number of alkyl halides is 3. The van der Waals surface area contributed by atoms with Crippen molar-refractivity contribution in [2.75, 3.05) is 56.5 Å². The molecular weight excluding hydrogens is 640 g/mol. The van der Waals surface area contributed by atoms with E-state index in [0.717, 1.165) is 25.1 Å². The van der Waals surface area contributed by atoms with Crippen LogP contribution >= 0.6 is 0 Å². The summed E-state index contributed by atoms with van der Waals surface area (Å²) in [4.78, 5) is 50.9. The quantitative estimate of drug-likeness (QED) is 0.278. The Kier molecular flexibility index (Phi) is 8.85. The maximum atomic E-state index is 13.8. The lowest BCUT2D eigenvalue weighted by Gasteiger charge is -2.41. The molecule has 4 aliphatic rings. The topological polar surface area (TPSA) is 144 Å². The van der Waals surface area contributed by atoms with Crippen LogP contribution in [0.1, 0.15) is 45.5 Å². The number of benzene rings is 1. The lowest BCUT2D eigenvalue weighted by molar-refractivity contribution is -0.150. The van der Waals surface area contributed by atoms with Gasteiger partial charge in [-0.05, 0) is 49.4 Å². The third-order valence-electron chi connectivity index (χ3n) is 9.03. The number of nitrogens with one attached hydrogen (secondary N) is 3. The van der Waals surface area contributed by atoms with Crippen LogP contribution < -0.4 is 25.4 Å². The number of anilines is 3. The van der Waals surface area contributed by atoms with E-state index in [-0.39, 0.29) is 57.8 Å². The number of carbonyl (C=O) groups is 3. The number of hydrogen-bond acceptors (Lipinski definition) is 9. The first-order valence-electron chi connectivity index (χ1n) is 15.1. The molecule has 4 fully saturated rings. The van der Waals surface area contributed by atoms with Crippen molar-refractivity contribution < 1.29 is 46.2 Å². The summed E-state index contributed by atoms with van der Waals surface area (Å²) >= 11 is 0. The molecule has 0 spiro atoms. The summed E-state index contributed by atoms with van der Waals surface area (Å²) in [5.74, 6) is -2.47. The van der Waals surface area contributed by atoms with Gasteiger partial charge in [0.2, 0.25) is 11.8 Å². The number of ether oxygens (including phenoxy) is 3. The van der Waals surface area contributed by atoms with Crippen LogP contribution in [0.2, 0.25) is 0 Å². The first-order chi connectivity index (χ1) is 22.9. The van der Waals surface area contributed by atoms with Crippen LogP contribution in [0.4, 0.5) is 34.8 Å². The van der Waals surface area contributed by atoms with E-state index in [1.54, 1.807) is 0 Å². The smallest absolute Gasteiger partial charge is 0.419 e. The Morgan fingerprint density at radius 2 is 1.73 bits per heavy atom. The van der Waals surface area contributed by atoms with Crippen molar-refractivity contribution in [1.29, 1.82) is 0 Å². The monoisotopic (exact) mass is 672 g/mol. The van der Waals surface area contributed by atoms with Crippen molar-refractivity contribution >= 4 is 34.9 Å². The van der Waals surface area contributed by atoms with Crippen molar-refractivity contribution in [2.24, 2.45) is 11.3 Å². The Morgan fingerprint density at radius 1 is 0.979 bits per heavy atom. The van der Waals surface area contributed by atoms with Crippen molar-refractivity contribution in [2.45, 2.75) is 31.5 Å². The highest BCUT2D eigenvalue weighted by molar-refractivity contribution is 6.14. The number of amides is 3. The summed E-state index contributed by atoms with van der Waals surface area (Å²) in [6, 6.07) is 4.58. The molecule has 1 aromatic carbocycles. The maximum Gasteiger partial charge on any atom is 0.419 e. The van der Waals surface area contributed by atoms with E-state index < -0.39 is 34.8 Å². The van der Waals surface area contributed by atoms with Crippen molar-refractivity contribution in [3.63, 3.8) is 0 Å². The molecule has 3 amide bonds. The van der Waals surface area contributed by atoms with Crippen LogP contribution in [0.3, 0.4) is 0 Å². The van der Waals surface area contributed by atoms with Crippen molar-refractivity contribution in [3.05, 3.63) is 65.2 Å². The van der Waals surface area contributed by atoms with Crippen LogP contribution in [0.25, 0.3) is 0 Å². The van der Waals surface area contributed by atoms with Gasteiger partial charge in [0.05, 0.1) is 55.9 Å². The highest BCUT2D eigenvalue weighted by Gasteiger charge is 2.61. The van der Waals surface area contributed by atoms with Gasteiger partial charge in [0.1, 0.15) is 22.9 Å². The molecule has 254 valence electrons. The predicted molar refractivity (Wildman–Crippen MR) is 163 cm³/mol. The molecular formula is C32H32F4N6O6. The van der Waals surface area contributed by atoms with Gasteiger partial charge in [-0.2, -0.15) is 13.2 Å². The van der Waals surface area contributed by atoms with Gasteiger partial charge in [0.25, 0.3) is 11.8 Å². The maximum absolute atomic E-state index is 13.8. The van der Waals surface area contributed by atoms with Gasteiger partial charge >= 0.3 is 6.18 Å². The van der Waals surface area contributed by atoms with E-state index in [1.165, 1.54) is 32.5 Å². The Labute approximate surface area is 272 Å². The van der Waals surface area contributed by atoms with Crippen LogP contribution in [-0.4, -0.2) is 79.2 Å². The zero-order valence-corrected chi connectivity index (χ0v) is 25.9. The first-order valence-corrected chi connectivity index (χ1v) is 15.1. The number of nitrogens with zero attached hydrogens (tertiary/aromatic N) is 3. The first kappa shape index (κ1) is 32.9.